The average Bonchev–Trinajstić information content (AvgIpc) is 3.35. The Morgan fingerprint density at radius 3 is 2.84 bits per heavy atom. The maximum absolute atomic E-state index is 14.6. The molecule has 4 aromatic rings. The second-order valence-corrected chi connectivity index (χ2v) is 7.54. The fraction of sp³-hybridized carbons (Fsp3) is 0.217. The molecule has 0 N–H and O–H groups in total. The number of para-hydroxylation sites is 1. The number of carbonyl (C=O) groups excluding carboxylic acids is 1. The number of alkyl halides is 2. The number of pyridine rings is 1. The second-order valence-electron chi connectivity index (χ2n) is 7.54. The number of fused-ring (bicyclic) bond motifs is 1. The van der Waals surface area contributed by atoms with Crippen LogP contribution in [0.15, 0.2) is 71.5 Å². The molecule has 5 rings (SSSR count). The quantitative estimate of drug-likeness (QED) is 0.477. The molecule has 0 radical (unpaired) electrons. The molecule has 0 bridgehead atoms. The molecule has 7 nitrogen and oxygen atoms in total. The topological polar surface area (TPSA) is 81.4 Å². The van der Waals surface area contributed by atoms with Gasteiger partial charge in [-0.2, -0.15) is 4.98 Å². The highest BCUT2D eigenvalue weighted by Gasteiger charge is 2.47. The number of hydrogen-bond donors (Lipinski definition) is 0. The molecule has 1 aliphatic rings. The molecule has 1 unspecified atom stereocenters. The molecular weight excluding hydrogens is 418 g/mol. The smallest absolute Gasteiger partial charge is 0.287 e. The number of hydrogen-bond acceptors (Lipinski definition) is 6. The van der Waals surface area contributed by atoms with E-state index in [2.05, 4.69) is 15.1 Å². The lowest BCUT2D eigenvalue weighted by atomic mass is 10.0. The molecular formula is C23H18F2N4O3. The van der Waals surface area contributed by atoms with Crippen molar-refractivity contribution in [3.63, 3.8) is 0 Å². The van der Waals surface area contributed by atoms with Crippen LogP contribution in [0.5, 0.6) is 5.88 Å². The van der Waals surface area contributed by atoms with E-state index in [4.69, 9.17) is 9.26 Å². The van der Waals surface area contributed by atoms with Crippen LogP contribution in [0.3, 0.4) is 0 Å². The van der Waals surface area contributed by atoms with Gasteiger partial charge in [-0.3, -0.25) is 4.79 Å². The van der Waals surface area contributed by atoms with Gasteiger partial charge in [-0.1, -0.05) is 29.4 Å². The number of carbonyl (C=O) groups is 1. The summed E-state index contributed by atoms with van der Waals surface area (Å²) in [6.45, 7) is -0.341. The summed E-state index contributed by atoms with van der Waals surface area (Å²) in [4.78, 5) is 22.7. The van der Waals surface area contributed by atoms with Crippen molar-refractivity contribution in [3.8, 4) is 17.3 Å². The standard InChI is InChI=1S/C23H18F2N4O3/c24-23(25)10-11-29(22(30)17-6-3-5-16(12-17)21-26-14-27-32-21)13-19(23)31-20-9-8-15-4-1-2-7-18(15)28-20/h1-9,12,14,19H,10-11,13H2. The molecule has 2 aromatic carbocycles. The van der Waals surface area contributed by atoms with Gasteiger partial charge in [0.05, 0.1) is 12.1 Å². The number of halogens is 2. The van der Waals surface area contributed by atoms with Gasteiger partial charge in [0.2, 0.25) is 5.88 Å². The maximum atomic E-state index is 14.6. The third kappa shape index (κ3) is 3.89. The largest absolute Gasteiger partial charge is 0.466 e. The van der Waals surface area contributed by atoms with Crippen LogP contribution in [0.1, 0.15) is 16.8 Å². The predicted molar refractivity (Wildman–Crippen MR) is 111 cm³/mol. The highest BCUT2D eigenvalue weighted by molar-refractivity contribution is 5.95. The summed E-state index contributed by atoms with van der Waals surface area (Å²) < 4.78 is 39.9. The Balaban J connectivity index is 1.36. The normalized spacial score (nSPS) is 17.9. The number of ether oxygens (including phenoxy) is 1. The van der Waals surface area contributed by atoms with Crippen molar-refractivity contribution in [3.05, 3.63) is 72.6 Å². The first kappa shape index (κ1) is 20.0. The third-order valence-electron chi connectivity index (χ3n) is 5.41. The van der Waals surface area contributed by atoms with Crippen molar-refractivity contribution < 1.29 is 22.8 Å². The lowest BCUT2D eigenvalue weighted by Gasteiger charge is -2.38. The first-order valence-electron chi connectivity index (χ1n) is 10.1. The van der Waals surface area contributed by atoms with E-state index in [1.54, 1.807) is 42.5 Å². The van der Waals surface area contributed by atoms with Crippen molar-refractivity contribution in [1.82, 2.24) is 20.0 Å². The van der Waals surface area contributed by atoms with Gasteiger partial charge in [-0.15, -0.1) is 0 Å². The van der Waals surface area contributed by atoms with Crippen LogP contribution in [0, 0.1) is 0 Å². The molecule has 1 fully saturated rings. The van der Waals surface area contributed by atoms with Gasteiger partial charge < -0.3 is 14.2 Å². The van der Waals surface area contributed by atoms with Crippen LogP contribution >= 0.6 is 0 Å². The van der Waals surface area contributed by atoms with Crippen LogP contribution in [0.25, 0.3) is 22.4 Å². The van der Waals surface area contributed by atoms with E-state index in [1.165, 1.54) is 11.2 Å². The van der Waals surface area contributed by atoms with Crippen molar-refractivity contribution in [1.29, 1.82) is 0 Å². The fourth-order valence-corrected chi connectivity index (χ4v) is 3.70. The third-order valence-corrected chi connectivity index (χ3v) is 5.41. The van der Waals surface area contributed by atoms with Crippen LogP contribution in [0.4, 0.5) is 8.78 Å². The molecule has 9 heteroatoms. The van der Waals surface area contributed by atoms with E-state index >= 15 is 0 Å². The average molecular weight is 436 g/mol. The highest BCUT2D eigenvalue weighted by Crippen LogP contribution is 2.32. The van der Waals surface area contributed by atoms with Crippen molar-refractivity contribution in [2.24, 2.45) is 0 Å². The van der Waals surface area contributed by atoms with Crippen molar-refractivity contribution >= 4 is 16.8 Å². The molecule has 1 atom stereocenters. The Morgan fingerprint density at radius 2 is 2.00 bits per heavy atom. The molecule has 0 saturated carbocycles. The van der Waals surface area contributed by atoms with Crippen LogP contribution in [0.2, 0.25) is 0 Å². The van der Waals surface area contributed by atoms with Crippen LogP contribution < -0.4 is 4.74 Å². The molecule has 3 heterocycles. The number of likely N-dealkylation sites (tertiary alicyclic amines) is 1. The Labute approximate surface area is 181 Å². The van der Waals surface area contributed by atoms with E-state index in [0.29, 0.717) is 16.6 Å². The summed E-state index contributed by atoms with van der Waals surface area (Å²) in [5.41, 5.74) is 1.56. The summed E-state index contributed by atoms with van der Waals surface area (Å²) in [5.74, 6) is -3.09. The van der Waals surface area contributed by atoms with Gasteiger partial charge in [0.25, 0.3) is 17.7 Å². The van der Waals surface area contributed by atoms with Gasteiger partial charge in [-0.25, -0.2) is 13.8 Å². The van der Waals surface area contributed by atoms with Gasteiger partial charge in [0.15, 0.2) is 12.4 Å². The molecule has 1 saturated heterocycles. The monoisotopic (exact) mass is 436 g/mol. The SMILES string of the molecule is O=C(c1cccc(-c2ncno2)c1)N1CCC(F)(F)C(Oc2ccc3ccccc3n2)C1. The van der Waals surface area contributed by atoms with E-state index in [0.717, 1.165) is 5.39 Å². The molecule has 0 spiro atoms. The molecule has 1 amide bonds. The molecule has 0 aliphatic carbocycles. The fourth-order valence-electron chi connectivity index (χ4n) is 3.70. The number of amides is 1. The summed E-state index contributed by atoms with van der Waals surface area (Å²) >= 11 is 0. The Morgan fingerprint density at radius 1 is 1.12 bits per heavy atom. The Kier molecular flexibility index (Phi) is 5.01. The lowest BCUT2D eigenvalue weighted by Crippen LogP contribution is -2.55. The van der Waals surface area contributed by atoms with Gasteiger partial charge in [0.1, 0.15) is 0 Å². The molecule has 2 aromatic heterocycles. The predicted octanol–water partition coefficient (Wildman–Crippen LogP) is 4.21. The highest BCUT2D eigenvalue weighted by atomic mass is 19.3. The Bertz CT molecular complexity index is 1260. The van der Waals surface area contributed by atoms with E-state index in [-0.39, 0.29) is 30.8 Å². The zero-order valence-electron chi connectivity index (χ0n) is 16.8. The summed E-state index contributed by atoms with van der Waals surface area (Å²) in [5, 5.41) is 4.44. The van der Waals surface area contributed by atoms with E-state index < -0.39 is 18.4 Å². The van der Waals surface area contributed by atoms with Gasteiger partial charge in [-0.05, 0) is 30.3 Å². The first-order valence-corrected chi connectivity index (χ1v) is 10.1. The Hall–Kier alpha value is -3.88. The van der Waals surface area contributed by atoms with Gasteiger partial charge in [0, 0.05) is 35.5 Å². The van der Waals surface area contributed by atoms with Gasteiger partial charge >= 0.3 is 0 Å². The van der Waals surface area contributed by atoms with E-state index in [1.807, 2.05) is 18.2 Å². The van der Waals surface area contributed by atoms with Crippen LogP contribution in [-0.4, -0.2) is 51.0 Å². The number of aromatic nitrogens is 3. The zero-order valence-corrected chi connectivity index (χ0v) is 16.8. The second kappa shape index (κ2) is 7.99. The number of nitrogens with zero attached hydrogens (tertiary/aromatic N) is 4. The number of benzene rings is 2. The first-order chi connectivity index (χ1) is 15.5. The minimum absolute atomic E-state index is 0.0817. The summed E-state index contributed by atoms with van der Waals surface area (Å²) in [7, 11) is 0. The number of rotatable bonds is 4. The summed E-state index contributed by atoms with van der Waals surface area (Å²) in [6, 6.07) is 17.3. The maximum Gasteiger partial charge on any atom is 0.287 e. The minimum Gasteiger partial charge on any atom is -0.466 e. The molecule has 1 aliphatic heterocycles. The van der Waals surface area contributed by atoms with Crippen LogP contribution in [-0.2, 0) is 0 Å². The summed E-state index contributed by atoms with van der Waals surface area (Å²) in [6.07, 6.45) is -0.743. The molecule has 32 heavy (non-hydrogen) atoms. The lowest BCUT2D eigenvalue weighted by molar-refractivity contribution is -0.131. The zero-order chi connectivity index (χ0) is 22.1. The minimum atomic E-state index is -3.09. The molecule has 162 valence electrons. The van der Waals surface area contributed by atoms with E-state index in [9.17, 15) is 13.6 Å². The van der Waals surface area contributed by atoms with Crippen molar-refractivity contribution in [2.75, 3.05) is 13.1 Å². The number of piperidine rings is 1. The van der Waals surface area contributed by atoms with Crippen molar-refractivity contribution in [2.45, 2.75) is 18.4 Å².